The van der Waals surface area contributed by atoms with Crippen molar-refractivity contribution in [3.63, 3.8) is 0 Å². The summed E-state index contributed by atoms with van der Waals surface area (Å²) in [5.41, 5.74) is 2.22. The van der Waals surface area contributed by atoms with Gasteiger partial charge in [-0.3, -0.25) is 0 Å². The number of hydrogen-bond acceptors (Lipinski definition) is 4. The number of guanidine groups is 1. The standard InChI is InChI=1S/C23H31N5O2S.HI/c1-2-24-23(26-20-14-15-28(17-20)21-6-4-3-5-7-21)25-16-18-8-12-22(13-9-18)31(29,30)27-19-10-11-19;/h3-9,12-13,19-20,27H,2,10-11,14-17H2,1H3,(H2,24,25,26);1H. The number of anilines is 1. The lowest BCUT2D eigenvalue weighted by molar-refractivity contribution is 0.581. The van der Waals surface area contributed by atoms with Crippen LogP contribution in [0.3, 0.4) is 0 Å². The number of hydrogen-bond donors (Lipinski definition) is 3. The molecule has 7 nitrogen and oxygen atoms in total. The fourth-order valence-electron chi connectivity index (χ4n) is 3.70. The molecule has 9 heteroatoms. The van der Waals surface area contributed by atoms with Gasteiger partial charge in [0.15, 0.2) is 5.96 Å². The predicted molar refractivity (Wildman–Crippen MR) is 140 cm³/mol. The van der Waals surface area contributed by atoms with E-state index in [0.29, 0.717) is 17.5 Å². The Labute approximate surface area is 208 Å². The minimum Gasteiger partial charge on any atom is -0.369 e. The first-order chi connectivity index (χ1) is 15.0. The van der Waals surface area contributed by atoms with Crippen LogP contribution < -0.4 is 20.3 Å². The predicted octanol–water partition coefficient (Wildman–Crippen LogP) is 3.08. The van der Waals surface area contributed by atoms with Crippen molar-refractivity contribution in [1.82, 2.24) is 15.4 Å². The van der Waals surface area contributed by atoms with Gasteiger partial charge in [-0.05, 0) is 56.0 Å². The third-order valence-electron chi connectivity index (χ3n) is 5.55. The molecule has 1 aliphatic heterocycles. The lowest BCUT2D eigenvalue weighted by atomic mass is 10.2. The fourth-order valence-corrected chi connectivity index (χ4v) is 5.00. The Balaban J connectivity index is 0.00000289. The van der Waals surface area contributed by atoms with E-state index in [1.165, 1.54) is 5.69 Å². The molecule has 1 atom stereocenters. The van der Waals surface area contributed by atoms with Gasteiger partial charge in [-0.2, -0.15) is 0 Å². The number of halogens is 1. The van der Waals surface area contributed by atoms with Crippen LogP contribution >= 0.6 is 24.0 Å². The minimum absolute atomic E-state index is 0. The van der Waals surface area contributed by atoms with Crippen LogP contribution in [0.5, 0.6) is 0 Å². The third-order valence-corrected chi connectivity index (χ3v) is 7.08. The maximum atomic E-state index is 12.3. The van der Waals surface area contributed by atoms with E-state index >= 15 is 0 Å². The SMILES string of the molecule is CCNC(=NCc1ccc(S(=O)(=O)NC2CC2)cc1)NC1CCN(c2ccccc2)C1.I. The molecule has 0 spiro atoms. The van der Waals surface area contributed by atoms with Gasteiger partial charge in [0.1, 0.15) is 0 Å². The topological polar surface area (TPSA) is 85.8 Å². The van der Waals surface area contributed by atoms with E-state index < -0.39 is 10.0 Å². The molecule has 1 saturated heterocycles. The molecule has 174 valence electrons. The second kappa shape index (κ2) is 11.3. The minimum atomic E-state index is -3.41. The zero-order chi connectivity index (χ0) is 21.7. The second-order valence-corrected chi connectivity index (χ2v) is 9.86. The molecule has 1 unspecified atom stereocenters. The number of para-hydroxylation sites is 1. The monoisotopic (exact) mass is 569 g/mol. The van der Waals surface area contributed by atoms with Crippen LogP contribution in [-0.4, -0.2) is 46.1 Å². The molecule has 32 heavy (non-hydrogen) atoms. The van der Waals surface area contributed by atoms with Gasteiger partial charge >= 0.3 is 0 Å². The molecule has 4 rings (SSSR count). The number of aliphatic imine (C=N–C) groups is 1. The van der Waals surface area contributed by atoms with Crippen LogP contribution in [0.4, 0.5) is 5.69 Å². The van der Waals surface area contributed by atoms with E-state index in [2.05, 4.69) is 51.4 Å². The van der Waals surface area contributed by atoms with Gasteiger partial charge in [0.05, 0.1) is 11.4 Å². The Morgan fingerprint density at radius 3 is 2.41 bits per heavy atom. The lowest BCUT2D eigenvalue weighted by Crippen LogP contribution is -2.44. The fraction of sp³-hybridized carbons (Fsp3) is 0.435. The van der Waals surface area contributed by atoms with E-state index in [1.54, 1.807) is 12.1 Å². The zero-order valence-corrected chi connectivity index (χ0v) is 21.5. The summed E-state index contributed by atoms with van der Waals surface area (Å²) in [5, 5.41) is 6.86. The van der Waals surface area contributed by atoms with Crippen molar-refractivity contribution in [1.29, 1.82) is 0 Å². The van der Waals surface area contributed by atoms with Crippen molar-refractivity contribution < 1.29 is 8.42 Å². The first-order valence-electron chi connectivity index (χ1n) is 11.0. The smallest absolute Gasteiger partial charge is 0.240 e. The summed E-state index contributed by atoms with van der Waals surface area (Å²) >= 11 is 0. The van der Waals surface area contributed by atoms with E-state index in [0.717, 1.165) is 50.4 Å². The van der Waals surface area contributed by atoms with Gasteiger partial charge in [-0.15, -0.1) is 24.0 Å². The van der Waals surface area contributed by atoms with Crippen molar-refractivity contribution in [2.24, 2.45) is 4.99 Å². The van der Waals surface area contributed by atoms with E-state index in [-0.39, 0.29) is 30.0 Å². The maximum Gasteiger partial charge on any atom is 0.240 e. The summed E-state index contributed by atoms with van der Waals surface area (Å²) < 4.78 is 27.3. The van der Waals surface area contributed by atoms with Crippen LogP contribution in [0.1, 0.15) is 31.7 Å². The highest BCUT2D eigenvalue weighted by Gasteiger charge is 2.28. The lowest BCUT2D eigenvalue weighted by Gasteiger charge is -2.20. The van der Waals surface area contributed by atoms with E-state index in [9.17, 15) is 8.42 Å². The summed E-state index contributed by atoms with van der Waals surface area (Å²) in [6.45, 7) is 5.28. The molecule has 0 radical (unpaired) electrons. The van der Waals surface area contributed by atoms with Crippen molar-refractivity contribution in [2.45, 2.75) is 49.7 Å². The average molecular weight is 570 g/mol. The van der Waals surface area contributed by atoms with Crippen LogP contribution in [0.15, 0.2) is 64.5 Å². The third kappa shape index (κ3) is 6.82. The highest BCUT2D eigenvalue weighted by molar-refractivity contribution is 14.0. The molecular weight excluding hydrogens is 537 g/mol. The van der Waals surface area contributed by atoms with Gasteiger partial charge in [-0.25, -0.2) is 18.1 Å². The molecule has 2 aromatic carbocycles. The van der Waals surface area contributed by atoms with Gasteiger partial charge in [0.25, 0.3) is 0 Å². The van der Waals surface area contributed by atoms with E-state index in [1.807, 2.05) is 18.2 Å². The van der Waals surface area contributed by atoms with Crippen LogP contribution in [0, 0.1) is 0 Å². The molecule has 1 heterocycles. The van der Waals surface area contributed by atoms with Crippen LogP contribution in [0.25, 0.3) is 0 Å². The largest absolute Gasteiger partial charge is 0.369 e. The first kappa shape index (κ1) is 24.8. The summed E-state index contributed by atoms with van der Waals surface area (Å²) in [5.74, 6) is 0.787. The van der Waals surface area contributed by atoms with Gasteiger partial charge in [0, 0.05) is 37.4 Å². The van der Waals surface area contributed by atoms with Crippen molar-refractivity contribution in [2.75, 3.05) is 24.5 Å². The Bertz CT molecular complexity index is 995. The molecule has 3 N–H and O–H groups in total. The highest BCUT2D eigenvalue weighted by Crippen LogP contribution is 2.22. The zero-order valence-electron chi connectivity index (χ0n) is 18.3. The summed E-state index contributed by atoms with van der Waals surface area (Å²) in [4.78, 5) is 7.40. The second-order valence-electron chi connectivity index (χ2n) is 8.15. The quantitative estimate of drug-likeness (QED) is 0.259. The van der Waals surface area contributed by atoms with Gasteiger partial charge in [-0.1, -0.05) is 30.3 Å². The van der Waals surface area contributed by atoms with Crippen LogP contribution in [0.2, 0.25) is 0 Å². The van der Waals surface area contributed by atoms with Crippen molar-refractivity contribution in [3.8, 4) is 0 Å². The van der Waals surface area contributed by atoms with Crippen molar-refractivity contribution in [3.05, 3.63) is 60.2 Å². The first-order valence-corrected chi connectivity index (χ1v) is 12.5. The number of benzene rings is 2. The molecule has 0 aromatic heterocycles. The highest BCUT2D eigenvalue weighted by atomic mass is 127. The maximum absolute atomic E-state index is 12.3. The molecule has 1 aliphatic carbocycles. The molecule has 1 saturated carbocycles. The molecule has 2 aliphatic rings. The Kier molecular flexibility index (Phi) is 8.78. The molecule has 0 amide bonds. The Morgan fingerprint density at radius 1 is 1.03 bits per heavy atom. The van der Waals surface area contributed by atoms with Gasteiger partial charge < -0.3 is 15.5 Å². The van der Waals surface area contributed by atoms with E-state index in [4.69, 9.17) is 4.99 Å². The average Bonchev–Trinajstić information content (AvgIpc) is 3.46. The molecule has 0 bridgehead atoms. The molecule has 2 aromatic rings. The van der Waals surface area contributed by atoms with Crippen molar-refractivity contribution >= 4 is 45.6 Å². The van der Waals surface area contributed by atoms with Gasteiger partial charge in [0.2, 0.25) is 10.0 Å². The molecule has 2 fully saturated rings. The number of nitrogens with zero attached hydrogens (tertiary/aromatic N) is 2. The normalized spacial score (nSPS) is 18.8. The molecular formula is C23H32IN5O2S. The summed E-state index contributed by atoms with van der Waals surface area (Å²) in [6.07, 6.45) is 2.91. The Morgan fingerprint density at radius 2 is 1.75 bits per heavy atom. The summed E-state index contributed by atoms with van der Waals surface area (Å²) in [7, 11) is -3.41. The number of sulfonamides is 1. The number of rotatable bonds is 8. The number of nitrogens with one attached hydrogen (secondary N) is 3. The Hall–Kier alpha value is -1.85. The summed E-state index contributed by atoms with van der Waals surface area (Å²) in [6, 6.07) is 17.9. The van der Waals surface area contributed by atoms with Crippen LogP contribution in [-0.2, 0) is 16.6 Å².